The van der Waals surface area contributed by atoms with Crippen LogP contribution in [0.5, 0.6) is 5.75 Å². The molecule has 1 fully saturated rings. The summed E-state index contributed by atoms with van der Waals surface area (Å²) in [6, 6.07) is 5.41. The maximum Gasteiger partial charge on any atom is 0.331 e. The number of fused-ring (bicyclic) bond motifs is 1. The highest BCUT2D eigenvalue weighted by atomic mass is 35.5. The van der Waals surface area contributed by atoms with Crippen LogP contribution in [0.15, 0.2) is 40.3 Å². The quantitative estimate of drug-likeness (QED) is 0.599. The molecule has 0 amide bonds. The largest absolute Gasteiger partial charge is 0.488 e. The van der Waals surface area contributed by atoms with Crippen molar-refractivity contribution in [1.29, 1.82) is 0 Å². The molecular weight excluding hydrogens is 344 g/mol. The van der Waals surface area contributed by atoms with E-state index in [1.807, 2.05) is 18.2 Å². The normalized spacial score (nSPS) is 16.3. The van der Waals surface area contributed by atoms with E-state index in [4.69, 9.17) is 25.5 Å². The molecule has 1 aromatic carbocycles. The van der Waals surface area contributed by atoms with Crippen molar-refractivity contribution in [3.05, 3.63) is 58.3 Å². The van der Waals surface area contributed by atoms with E-state index in [2.05, 4.69) is 10.2 Å². The van der Waals surface area contributed by atoms with Crippen LogP contribution < -0.4 is 4.74 Å². The third kappa shape index (κ3) is 3.91. The number of hydrogen-bond acceptors (Lipinski definition) is 6. The summed E-state index contributed by atoms with van der Waals surface area (Å²) < 4.78 is 16.2. The van der Waals surface area contributed by atoms with E-state index in [-0.39, 0.29) is 6.61 Å². The smallest absolute Gasteiger partial charge is 0.331 e. The van der Waals surface area contributed by atoms with Crippen molar-refractivity contribution in [2.75, 3.05) is 6.61 Å². The van der Waals surface area contributed by atoms with E-state index in [0.717, 1.165) is 29.7 Å². The molecule has 1 aliphatic carbocycles. The van der Waals surface area contributed by atoms with Crippen LogP contribution in [0.1, 0.15) is 36.1 Å². The van der Waals surface area contributed by atoms with Crippen molar-refractivity contribution >= 4 is 23.6 Å². The fourth-order valence-electron chi connectivity index (χ4n) is 2.44. The monoisotopic (exact) mass is 358 g/mol. The summed E-state index contributed by atoms with van der Waals surface area (Å²) in [4.78, 5) is 11.8. The van der Waals surface area contributed by atoms with Gasteiger partial charge >= 0.3 is 5.97 Å². The number of ether oxygens (including phenoxy) is 2. The number of nitrogens with zero attached hydrogens (tertiary/aromatic N) is 2. The first kappa shape index (κ1) is 15.9. The van der Waals surface area contributed by atoms with Crippen LogP contribution in [0.4, 0.5) is 0 Å². The van der Waals surface area contributed by atoms with Crippen molar-refractivity contribution in [3.8, 4) is 5.75 Å². The minimum absolute atomic E-state index is 0.0309. The fraction of sp³-hybridized carbons (Fsp3) is 0.278. The Hall–Kier alpha value is -2.60. The Morgan fingerprint density at radius 1 is 1.36 bits per heavy atom. The highest BCUT2D eigenvalue weighted by Gasteiger charge is 2.29. The van der Waals surface area contributed by atoms with Gasteiger partial charge in [-0.25, -0.2) is 4.79 Å². The van der Waals surface area contributed by atoms with E-state index in [1.165, 1.54) is 6.08 Å². The van der Waals surface area contributed by atoms with E-state index >= 15 is 0 Å². The number of aromatic nitrogens is 2. The molecule has 0 bridgehead atoms. The van der Waals surface area contributed by atoms with E-state index in [0.29, 0.717) is 29.3 Å². The lowest BCUT2D eigenvalue weighted by atomic mass is 10.1. The first-order valence-electron chi connectivity index (χ1n) is 7.97. The third-order valence-corrected chi connectivity index (χ3v) is 4.12. The van der Waals surface area contributed by atoms with Gasteiger partial charge in [0.25, 0.3) is 5.89 Å². The topological polar surface area (TPSA) is 74.5 Å². The van der Waals surface area contributed by atoms with Gasteiger partial charge in [-0.1, -0.05) is 11.6 Å². The number of carbonyl (C=O) groups is 1. The van der Waals surface area contributed by atoms with Gasteiger partial charge in [0.1, 0.15) is 12.4 Å². The summed E-state index contributed by atoms with van der Waals surface area (Å²) in [7, 11) is 0. The number of halogens is 1. The predicted molar refractivity (Wildman–Crippen MR) is 90.1 cm³/mol. The third-order valence-electron chi connectivity index (χ3n) is 3.89. The summed E-state index contributed by atoms with van der Waals surface area (Å²) in [5, 5.41) is 8.45. The number of esters is 1. The molecule has 4 rings (SSSR count). The van der Waals surface area contributed by atoms with Crippen molar-refractivity contribution < 1.29 is 18.7 Å². The number of benzene rings is 1. The zero-order valence-electron chi connectivity index (χ0n) is 13.3. The Kier molecular flexibility index (Phi) is 4.28. The van der Waals surface area contributed by atoms with Gasteiger partial charge in [-0.05, 0) is 48.8 Å². The maximum absolute atomic E-state index is 11.8. The number of rotatable bonds is 5. The molecular formula is C18H15ClN2O4. The van der Waals surface area contributed by atoms with Gasteiger partial charge in [0.2, 0.25) is 5.89 Å². The van der Waals surface area contributed by atoms with Crippen molar-refractivity contribution in [1.82, 2.24) is 10.2 Å². The zero-order chi connectivity index (χ0) is 17.2. The first-order valence-corrected chi connectivity index (χ1v) is 8.35. The Bertz CT molecular complexity index is 868. The molecule has 0 spiro atoms. The SMILES string of the molecule is O=C(C=CC1=Cc2cc(Cl)ccc2OC1)OCc1nnc(C2CC2)o1. The summed E-state index contributed by atoms with van der Waals surface area (Å²) in [6.07, 6.45) is 7.10. The van der Waals surface area contributed by atoms with E-state index in [9.17, 15) is 4.79 Å². The lowest BCUT2D eigenvalue weighted by molar-refractivity contribution is -0.139. The maximum atomic E-state index is 11.8. The second kappa shape index (κ2) is 6.72. The van der Waals surface area contributed by atoms with Gasteiger partial charge in [-0.2, -0.15) is 0 Å². The van der Waals surface area contributed by atoms with Gasteiger partial charge in [0.15, 0.2) is 6.61 Å². The lowest BCUT2D eigenvalue weighted by Crippen LogP contribution is -2.07. The lowest BCUT2D eigenvalue weighted by Gasteiger charge is -2.16. The van der Waals surface area contributed by atoms with Gasteiger partial charge in [-0.15, -0.1) is 10.2 Å². The molecule has 6 nitrogen and oxygen atoms in total. The fourth-order valence-corrected chi connectivity index (χ4v) is 2.62. The number of carbonyl (C=O) groups excluding carboxylic acids is 1. The molecule has 2 heterocycles. The molecule has 2 aliphatic rings. The molecule has 1 aliphatic heterocycles. The standard InChI is InChI=1S/C18H15ClN2O4/c19-14-4-5-15-13(8-14)7-11(9-23-15)1-6-17(22)24-10-16-20-21-18(25-16)12-2-3-12/h1,4-8,12H,2-3,9-10H2. The minimum Gasteiger partial charge on any atom is -0.488 e. The number of hydrogen-bond donors (Lipinski definition) is 0. The molecule has 128 valence electrons. The minimum atomic E-state index is -0.482. The molecule has 2 aromatic rings. The predicted octanol–water partition coefficient (Wildman–Crippen LogP) is 3.68. The van der Waals surface area contributed by atoms with Crippen LogP contribution in [-0.2, 0) is 16.1 Å². The summed E-state index contributed by atoms with van der Waals surface area (Å²) in [5.74, 6) is 1.61. The molecule has 0 saturated heterocycles. The molecule has 25 heavy (non-hydrogen) atoms. The second-order valence-electron chi connectivity index (χ2n) is 5.94. The summed E-state index contributed by atoms with van der Waals surface area (Å²) in [6.45, 7) is 0.351. The van der Waals surface area contributed by atoms with Gasteiger partial charge in [-0.3, -0.25) is 0 Å². The highest BCUT2D eigenvalue weighted by Crippen LogP contribution is 2.39. The molecule has 0 atom stereocenters. The van der Waals surface area contributed by atoms with Crippen LogP contribution in [0, 0.1) is 0 Å². The second-order valence-corrected chi connectivity index (χ2v) is 6.38. The molecule has 0 unspecified atom stereocenters. The first-order chi connectivity index (χ1) is 12.2. The van der Waals surface area contributed by atoms with E-state index in [1.54, 1.807) is 12.1 Å². The van der Waals surface area contributed by atoms with Gasteiger partial charge in [0.05, 0.1) is 0 Å². The Morgan fingerprint density at radius 3 is 3.08 bits per heavy atom. The van der Waals surface area contributed by atoms with Crippen molar-refractivity contribution in [3.63, 3.8) is 0 Å². The van der Waals surface area contributed by atoms with Gasteiger partial charge < -0.3 is 13.9 Å². The molecule has 0 N–H and O–H groups in total. The van der Waals surface area contributed by atoms with Crippen LogP contribution >= 0.6 is 11.6 Å². The van der Waals surface area contributed by atoms with Gasteiger partial charge in [0, 0.05) is 22.6 Å². The molecule has 7 heteroatoms. The molecule has 1 aromatic heterocycles. The average Bonchev–Trinajstić information content (AvgIpc) is 3.36. The van der Waals surface area contributed by atoms with Crippen LogP contribution in [0.3, 0.4) is 0 Å². The average molecular weight is 359 g/mol. The Labute approximate surface area is 149 Å². The highest BCUT2D eigenvalue weighted by molar-refractivity contribution is 6.30. The van der Waals surface area contributed by atoms with Crippen LogP contribution in [-0.4, -0.2) is 22.8 Å². The van der Waals surface area contributed by atoms with E-state index < -0.39 is 5.97 Å². The summed E-state index contributed by atoms with van der Waals surface area (Å²) >= 11 is 5.98. The van der Waals surface area contributed by atoms with Crippen LogP contribution in [0.2, 0.25) is 5.02 Å². The molecule has 0 radical (unpaired) electrons. The van der Waals surface area contributed by atoms with Crippen molar-refractivity contribution in [2.24, 2.45) is 0 Å². The Morgan fingerprint density at radius 2 is 2.24 bits per heavy atom. The zero-order valence-corrected chi connectivity index (χ0v) is 14.0. The van der Waals surface area contributed by atoms with Crippen molar-refractivity contribution in [2.45, 2.75) is 25.4 Å². The molecule has 1 saturated carbocycles. The Balaban J connectivity index is 1.34. The van der Waals surface area contributed by atoms with Crippen LogP contribution in [0.25, 0.3) is 6.08 Å². The summed E-state index contributed by atoms with van der Waals surface area (Å²) in [5.41, 5.74) is 1.73.